The zero-order valence-corrected chi connectivity index (χ0v) is 17.3. The van der Waals surface area contributed by atoms with Crippen LogP contribution in [0.1, 0.15) is 42.6 Å². The van der Waals surface area contributed by atoms with Crippen molar-refractivity contribution in [2.75, 3.05) is 35.3 Å². The van der Waals surface area contributed by atoms with Gasteiger partial charge in [0.1, 0.15) is 5.82 Å². The number of carbonyl (C=O) groups excluding carboxylic acids is 2. The van der Waals surface area contributed by atoms with Crippen LogP contribution in [0.4, 0.5) is 17.3 Å². The lowest BCUT2D eigenvalue weighted by Gasteiger charge is -2.34. The van der Waals surface area contributed by atoms with Gasteiger partial charge in [-0.2, -0.15) is 0 Å². The van der Waals surface area contributed by atoms with Crippen molar-refractivity contribution >= 4 is 29.1 Å². The SMILES string of the molecule is CN(C(=O)C[C@@H]1CCCN(c2cnc(C(N)=O)c(NC3CC3)n2)C1)c1ccccc1. The van der Waals surface area contributed by atoms with Gasteiger partial charge < -0.3 is 20.9 Å². The molecule has 3 N–H and O–H groups in total. The Morgan fingerprint density at radius 1 is 1.23 bits per heavy atom. The second kappa shape index (κ2) is 8.69. The fraction of sp³-hybridized carbons (Fsp3) is 0.455. The first-order valence-electron chi connectivity index (χ1n) is 10.5. The lowest BCUT2D eigenvalue weighted by atomic mass is 9.94. The Bertz CT molecular complexity index is 915. The molecule has 1 aromatic heterocycles. The minimum absolute atomic E-state index is 0.110. The number of hydrogen-bond donors (Lipinski definition) is 2. The van der Waals surface area contributed by atoms with Crippen molar-refractivity contribution in [3.05, 3.63) is 42.2 Å². The molecule has 8 heteroatoms. The summed E-state index contributed by atoms with van der Waals surface area (Å²) in [6.45, 7) is 1.59. The summed E-state index contributed by atoms with van der Waals surface area (Å²) in [4.78, 5) is 37.3. The fourth-order valence-corrected chi connectivity index (χ4v) is 3.85. The summed E-state index contributed by atoms with van der Waals surface area (Å²) in [5, 5.41) is 3.26. The number of benzene rings is 1. The predicted molar refractivity (Wildman–Crippen MR) is 117 cm³/mol. The molecule has 0 unspecified atom stereocenters. The summed E-state index contributed by atoms with van der Waals surface area (Å²) in [6, 6.07) is 10.0. The zero-order valence-electron chi connectivity index (χ0n) is 17.3. The van der Waals surface area contributed by atoms with E-state index in [1.807, 2.05) is 37.4 Å². The van der Waals surface area contributed by atoms with Crippen LogP contribution in [0.25, 0.3) is 0 Å². The van der Waals surface area contributed by atoms with Gasteiger partial charge in [-0.3, -0.25) is 9.59 Å². The molecule has 2 heterocycles. The highest BCUT2D eigenvalue weighted by Crippen LogP contribution is 2.29. The van der Waals surface area contributed by atoms with E-state index in [0.717, 1.165) is 50.3 Å². The Balaban J connectivity index is 1.43. The van der Waals surface area contributed by atoms with Crippen molar-refractivity contribution in [2.45, 2.75) is 38.1 Å². The molecular formula is C22H28N6O2. The van der Waals surface area contributed by atoms with E-state index in [0.29, 0.717) is 18.3 Å². The van der Waals surface area contributed by atoms with Gasteiger partial charge in [0.2, 0.25) is 5.91 Å². The molecule has 2 aromatic rings. The van der Waals surface area contributed by atoms with Gasteiger partial charge in [0.05, 0.1) is 6.20 Å². The Kier molecular flexibility index (Phi) is 5.83. The molecule has 0 bridgehead atoms. The van der Waals surface area contributed by atoms with Crippen LogP contribution in [-0.4, -0.2) is 48.0 Å². The fourth-order valence-electron chi connectivity index (χ4n) is 3.85. The van der Waals surface area contributed by atoms with Gasteiger partial charge in [-0.1, -0.05) is 18.2 Å². The molecule has 1 aromatic carbocycles. The van der Waals surface area contributed by atoms with E-state index in [1.54, 1.807) is 11.1 Å². The maximum absolute atomic E-state index is 12.8. The second-order valence-electron chi connectivity index (χ2n) is 8.15. The molecule has 2 fully saturated rings. The highest BCUT2D eigenvalue weighted by atomic mass is 16.2. The van der Waals surface area contributed by atoms with Crippen LogP contribution in [0.2, 0.25) is 0 Å². The van der Waals surface area contributed by atoms with Crippen LogP contribution >= 0.6 is 0 Å². The van der Waals surface area contributed by atoms with Crippen molar-refractivity contribution in [2.24, 2.45) is 11.7 Å². The molecular weight excluding hydrogens is 380 g/mol. The highest BCUT2D eigenvalue weighted by Gasteiger charge is 2.28. The number of amides is 2. The van der Waals surface area contributed by atoms with Crippen LogP contribution in [0.3, 0.4) is 0 Å². The van der Waals surface area contributed by atoms with Gasteiger partial charge >= 0.3 is 0 Å². The van der Waals surface area contributed by atoms with E-state index in [9.17, 15) is 9.59 Å². The summed E-state index contributed by atoms with van der Waals surface area (Å²) >= 11 is 0. The number of primary amides is 1. The third-order valence-corrected chi connectivity index (χ3v) is 5.74. The molecule has 1 aliphatic heterocycles. The van der Waals surface area contributed by atoms with Gasteiger partial charge in [0.25, 0.3) is 5.91 Å². The summed E-state index contributed by atoms with van der Waals surface area (Å²) in [5.74, 6) is 0.957. The second-order valence-corrected chi connectivity index (χ2v) is 8.15. The Labute approximate surface area is 176 Å². The van der Waals surface area contributed by atoms with E-state index in [4.69, 9.17) is 5.73 Å². The maximum Gasteiger partial charge on any atom is 0.271 e. The molecule has 1 atom stereocenters. The molecule has 0 spiro atoms. The Hall–Kier alpha value is -3.16. The van der Waals surface area contributed by atoms with Crippen LogP contribution in [0.5, 0.6) is 0 Å². The van der Waals surface area contributed by atoms with Crippen molar-refractivity contribution in [3.63, 3.8) is 0 Å². The number of para-hydroxylation sites is 1. The summed E-state index contributed by atoms with van der Waals surface area (Å²) < 4.78 is 0. The monoisotopic (exact) mass is 408 g/mol. The van der Waals surface area contributed by atoms with E-state index in [-0.39, 0.29) is 17.5 Å². The van der Waals surface area contributed by atoms with Crippen molar-refractivity contribution in [3.8, 4) is 0 Å². The topological polar surface area (TPSA) is 104 Å². The number of hydrogen-bond acceptors (Lipinski definition) is 6. The average molecular weight is 409 g/mol. The van der Waals surface area contributed by atoms with Crippen molar-refractivity contribution < 1.29 is 9.59 Å². The Morgan fingerprint density at radius 3 is 2.70 bits per heavy atom. The number of carbonyl (C=O) groups is 2. The minimum atomic E-state index is -0.580. The van der Waals surface area contributed by atoms with Crippen molar-refractivity contribution in [1.29, 1.82) is 0 Å². The van der Waals surface area contributed by atoms with Gasteiger partial charge in [0, 0.05) is 38.3 Å². The lowest BCUT2D eigenvalue weighted by molar-refractivity contribution is -0.119. The molecule has 1 saturated heterocycles. The van der Waals surface area contributed by atoms with E-state index in [2.05, 4.69) is 20.2 Å². The maximum atomic E-state index is 12.8. The molecule has 8 nitrogen and oxygen atoms in total. The van der Waals surface area contributed by atoms with Crippen LogP contribution in [0, 0.1) is 5.92 Å². The number of rotatable bonds is 7. The van der Waals surface area contributed by atoms with E-state index < -0.39 is 5.91 Å². The van der Waals surface area contributed by atoms with Gasteiger partial charge in [-0.05, 0) is 43.7 Å². The predicted octanol–water partition coefficient (Wildman–Crippen LogP) is 2.42. The highest BCUT2D eigenvalue weighted by molar-refractivity contribution is 5.95. The summed E-state index contributed by atoms with van der Waals surface area (Å²) in [6.07, 6.45) is 6.21. The van der Waals surface area contributed by atoms with Gasteiger partial charge in [0.15, 0.2) is 11.5 Å². The number of nitrogens with one attached hydrogen (secondary N) is 1. The summed E-state index contributed by atoms with van der Waals surface area (Å²) in [7, 11) is 1.82. The quantitative estimate of drug-likeness (QED) is 0.729. The van der Waals surface area contributed by atoms with Gasteiger partial charge in [-0.15, -0.1) is 0 Å². The lowest BCUT2D eigenvalue weighted by Crippen LogP contribution is -2.39. The number of nitrogens with zero attached hydrogens (tertiary/aromatic N) is 4. The van der Waals surface area contributed by atoms with Crippen LogP contribution in [0.15, 0.2) is 36.5 Å². The first-order chi connectivity index (χ1) is 14.5. The normalized spacial score (nSPS) is 18.7. The van der Waals surface area contributed by atoms with Crippen LogP contribution in [-0.2, 0) is 4.79 Å². The molecule has 0 radical (unpaired) electrons. The minimum Gasteiger partial charge on any atom is -0.365 e. The molecule has 2 aliphatic rings. The number of piperidine rings is 1. The first kappa shape index (κ1) is 20.1. The van der Waals surface area contributed by atoms with Gasteiger partial charge in [-0.25, -0.2) is 9.97 Å². The third-order valence-electron chi connectivity index (χ3n) is 5.74. The molecule has 158 valence electrons. The molecule has 1 aliphatic carbocycles. The molecule has 2 amide bonds. The number of nitrogens with two attached hydrogens (primary N) is 1. The van der Waals surface area contributed by atoms with E-state index in [1.165, 1.54) is 0 Å². The Morgan fingerprint density at radius 2 is 2.00 bits per heavy atom. The largest absolute Gasteiger partial charge is 0.365 e. The molecule has 1 saturated carbocycles. The van der Waals surface area contributed by atoms with Crippen molar-refractivity contribution in [1.82, 2.24) is 9.97 Å². The standard InChI is InChI=1S/C22H28N6O2/c1-27(17-7-3-2-4-8-17)19(29)12-15-6-5-11-28(14-15)18-13-24-20(21(23)30)22(26-18)25-16-9-10-16/h2-4,7-8,13,15-16H,5-6,9-12,14H2,1H3,(H2,23,30)(H,25,26)/t15-/m0/s1. The average Bonchev–Trinajstić information content (AvgIpc) is 3.58. The summed E-state index contributed by atoms with van der Waals surface area (Å²) in [5.41, 5.74) is 6.54. The molecule has 4 rings (SSSR count). The smallest absolute Gasteiger partial charge is 0.271 e. The number of aromatic nitrogens is 2. The number of anilines is 3. The zero-order chi connectivity index (χ0) is 21.1. The van der Waals surface area contributed by atoms with E-state index >= 15 is 0 Å². The third kappa shape index (κ3) is 4.69. The first-order valence-corrected chi connectivity index (χ1v) is 10.5. The van der Waals surface area contributed by atoms with Crippen LogP contribution < -0.4 is 20.9 Å². The molecule has 30 heavy (non-hydrogen) atoms.